The molecule has 0 aromatic carbocycles. The second kappa shape index (κ2) is 4.77. The van der Waals surface area contributed by atoms with Crippen molar-refractivity contribution in [1.29, 1.82) is 0 Å². The van der Waals surface area contributed by atoms with Gasteiger partial charge in [0, 0.05) is 16.9 Å². The third-order valence-electron chi connectivity index (χ3n) is 1.96. The van der Waals surface area contributed by atoms with Crippen LogP contribution in [0.2, 0.25) is 0 Å². The van der Waals surface area contributed by atoms with Crippen LogP contribution in [0.1, 0.15) is 11.4 Å². The Hall–Kier alpha value is -0.870. The summed E-state index contributed by atoms with van der Waals surface area (Å²) in [5, 5.41) is 0. The monoisotopic (exact) mass is 285 g/mol. The van der Waals surface area contributed by atoms with Crippen molar-refractivity contribution in [3.05, 3.63) is 46.7 Å². The molecule has 0 radical (unpaired) electrons. The van der Waals surface area contributed by atoms with Gasteiger partial charge in [0.05, 0.1) is 30.1 Å². The third kappa shape index (κ3) is 2.79. The van der Waals surface area contributed by atoms with Gasteiger partial charge in [-0.15, -0.1) is 11.6 Å². The lowest BCUT2D eigenvalue weighted by atomic mass is 10.3. The molecule has 0 fully saturated rings. The summed E-state index contributed by atoms with van der Waals surface area (Å²) in [4.78, 5) is 8.42. The summed E-state index contributed by atoms with van der Waals surface area (Å²) >= 11 is 9.01. The molecule has 2 rings (SSSR count). The molecule has 0 saturated carbocycles. The van der Waals surface area contributed by atoms with Gasteiger partial charge in [-0.1, -0.05) is 0 Å². The van der Waals surface area contributed by atoms with Crippen LogP contribution in [0.25, 0.3) is 0 Å². The van der Waals surface area contributed by atoms with E-state index in [2.05, 4.69) is 25.9 Å². The zero-order valence-corrected chi connectivity index (χ0v) is 10.2. The van der Waals surface area contributed by atoms with Crippen LogP contribution in [0.15, 0.2) is 35.3 Å². The van der Waals surface area contributed by atoms with Crippen molar-refractivity contribution < 1.29 is 0 Å². The zero-order chi connectivity index (χ0) is 10.7. The largest absolute Gasteiger partial charge is 0.331 e. The number of alkyl halides is 1. The number of pyridine rings is 1. The van der Waals surface area contributed by atoms with E-state index in [4.69, 9.17) is 11.6 Å². The first-order chi connectivity index (χ1) is 7.28. The number of rotatable bonds is 3. The molecule has 0 N–H and O–H groups in total. The highest BCUT2D eigenvalue weighted by molar-refractivity contribution is 9.10. The van der Waals surface area contributed by atoms with Gasteiger partial charge in [0.15, 0.2) is 0 Å². The van der Waals surface area contributed by atoms with Gasteiger partial charge in [-0.3, -0.25) is 4.98 Å². The minimum Gasteiger partial charge on any atom is -0.331 e. The molecule has 0 aliphatic rings. The van der Waals surface area contributed by atoms with Gasteiger partial charge < -0.3 is 4.57 Å². The molecule has 15 heavy (non-hydrogen) atoms. The predicted octanol–water partition coefficient (Wildman–Crippen LogP) is 2.83. The lowest BCUT2D eigenvalue weighted by Gasteiger charge is -2.00. The number of imidazole rings is 1. The molecule has 0 amide bonds. The maximum absolute atomic E-state index is 5.67. The topological polar surface area (TPSA) is 30.7 Å². The summed E-state index contributed by atoms with van der Waals surface area (Å²) in [6, 6.07) is 3.95. The first kappa shape index (κ1) is 10.6. The Bertz CT molecular complexity index is 438. The average Bonchev–Trinajstić information content (AvgIpc) is 2.69. The van der Waals surface area contributed by atoms with Crippen LogP contribution in [0.3, 0.4) is 0 Å². The number of halogens is 2. The first-order valence-electron chi connectivity index (χ1n) is 4.45. The molecule has 0 aliphatic carbocycles. The maximum Gasteiger partial charge on any atom is 0.0953 e. The molecule has 0 spiro atoms. The smallest absolute Gasteiger partial charge is 0.0953 e. The van der Waals surface area contributed by atoms with Crippen LogP contribution in [0.5, 0.6) is 0 Å². The highest BCUT2D eigenvalue weighted by Crippen LogP contribution is 2.09. The Labute approximate surface area is 101 Å². The quantitative estimate of drug-likeness (QED) is 0.812. The van der Waals surface area contributed by atoms with Crippen molar-refractivity contribution in [2.24, 2.45) is 0 Å². The van der Waals surface area contributed by atoms with Crippen molar-refractivity contribution in [2.75, 3.05) is 0 Å². The van der Waals surface area contributed by atoms with Gasteiger partial charge >= 0.3 is 0 Å². The molecule has 0 atom stereocenters. The highest BCUT2D eigenvalue weighted by atomic mass is 79.9. The lowest BCUT2D eigenvalue weighted by Crippen LogP contribution is -1.98. The molecule has 0 saturated heterocycles. The van der Waals surface area contributed by atoms with E-state index in [0.29, 0.717) is 5.88 Å². The number of hydrogen-bond donors (Lipinski definition) is 0. The van der Waals surface area contributed by atoms with Crippen molar-refractivity contribution in [1.82, 2.24) is 14.5 Å². The molecular formula is C10H9BrClN3. The Morgan fingerprint density at radius 2 is 2.13 bits per heavy atom. The van der Waals surface area contributed by atoms with E-state index < -0.39 is 0 Å². The number of nitrogens with zero attached hydrogens (tertiary/aromatic N) is 3. The van der Waals surface area contributed by atoms with E-state index in [1.165, 1.54) is 0 Å². The number of hydrogen-bond acceptors (Lipinski definition) is 2. The fraction of sp³-hybridized carbons (Fsp3) is 0.200. The van der Waals surface area contributed by atoms with E-state index >= 15 is 0 Å². The second-order valence-electron chi connectivity index (χ2n) is 3.14. The van der Waals surface area contributed by atoms with Gasteiger partial charge in [0.2, 0.25) is 0 Å². The molecule has 5 heteroatoms. The van der Waals surface area contributed by atoms with Crippen LogP contribution in [-0.4, -0.2) is 14.5 Å². The van der Waals surface area contributed by atoms with Crippen molar-refractivity contribution >= 4 is 27.5 Å². The molecular weight excluding hydrogens is 277 g/mol. The lowest BCUT2D eigenvalue weighted by molar-refractivity contribution is 0.772. The Balaban J connectivity index is 2.11. The minimum absolute atomic E-state index is 0.445. The van der Waals surface area contributed by atoms with Gasteiger partial charge in [-0.05, 0) is 28.1 Å². The predicted molar refractivity (Wildman–Crippen MR) is 62.8 cm³/mol. The summed E-state index contributed by atoms with van der Waals surface area (Å²) in [6.07, 6.45) is 5.48. The highest BCUT2D eigenvalue weighted by Gasteiger charge is 1.99. The van der Waals surface area contributed by atoms with E-state index in [9.17, 15) is 0 Å². The van der Waals surface area contributed by atoms with Gasteiger partial charge in [0.25, 0.3) is 0 Å². The summed E-state index contributed by atoms with van der Waals surface area (Å²) in [6.45, 7) is 0.719. The van der Waals surface area contributed by atoms with Gasteiger partial charge in [0.1, 0.15) is 0 Å². The Morgan fingerprint density at radius 3 is 2.73 bits per heavy atom. The van der Waals surface area contributed by atoms with Crippen LogP contribution >= 0.6 is 27.5 Å². The molecule has 78 valence electrons. The molecule has 2 aromatic heterocycles. The van der Waals surface area contributed by atoms with Crippen LogP contribution in [0.4, 0.5) is 0 Å². The summed E-state index contributed by atoms with van der Waals surface area (Å²) in [5.74, 6) is 0.445. The van der Waals surface area contributed by atoms with Crippen molar-refractivity contribution in [3.63, 3.8) is 0 Å². The molecule has 0 bridgehead atoms. The van der Waals surface area contributed by atoms with Crippen LogP contribution < -0.4 is 0 Å². The van der Waals surface area contributed by atoms with E-state index in [1.54, 1.807) is 12.5 Å². The van der Waals surface area contributed by atoms with E-state index in [1.807, 2.05) is 22.9 Å². The van der Waals surface area contributed by atoms with Crippen LogP contribution in [0, 0.1) is 0 Å². The van der Waals surface area contributed by atoms with E-state index in [-0.39, 0.29) is 0 Å². The van der Waals surface area contributed by atoms with Gasteiger partial charge in [-0.25, -0.2) is 4.98 Å². The standard InChI is InChI=1S/C10H9BrClN3/c11-8-1-2-9(13-4-8)5-15-6-10(3-12)14-7-15/h1-2,4,6-7H,3,5H2. The maximum atomic E-state index is 5.67. The molecule has 0 aliphatic heterocycles. The van der Waals surface area contributed by atoms with Crippen molar-refractivity contribution in [3.8, 4) is 0 Å². The molecule has 0 unspecified atom stereocenters. The minimum atomic E-state index is 0.445. The van der Waals surface area contributed by atoms with Crippen molar-refractivity contribution in [2.45, 2.75) is 12.4 Å². The summed E-state index contributed by atoms with van der Waals surface area (Å²) < 4.78 is 2.95. The normalized spacial score (nSPS) is 10.5. The third-order valence-corrected chi connectivity index (χ3v) is 2.70. The molecule has 2 heterocycles. The fourth-order valence-corrected chi connectivity index (χ4v) is 1.62. The second-order valence-corrected chi connectivity index (χ2v) is 4.32. The Kier molecular flexibility index (Phi) is 3.38. The summed E-state index contributed by atoms with van der Waals surface area (Å²) in [7, 11) is 0. The summed E-state index contributed by atoms with van der Waals surface area (Å²) in [5.41, 5.74) is 1.88. The average molecular weight is 287 g/mol. The van der Waals surface area contributed by atoms with E-state index in [0.717, 1.165) is 22.4 Å². The Morgan fingerprint density at radius 1 is 1.27 bits per heavy atom. The van der Waals surface area contributed by atoms with Crippen LogP contribution in [-0.2, 0) is 12.4 Å². The zero-order valence-electron chi connectivity index (χ0n) is 7.90. The van der Waals surface area contributed by atoms with Gasteiger partial charge in [-0.2, -0.15) is 0 Å². The molecule has 3 nitrogen and oxygen atoms in total. The number of aromatic nitrogens is 3. The SMILES string of the molecule is ClCc1cn(Cc2ccc(Br)cn2)cn1. The first-order valence-corrected chi connectivity index (χ1v) is 5.78. The molecule has 2 aromatic rings. The fourth-order valence-electron chi connectivity index (χ4n) is 1.25.